The van der Waals surface area contributed by atoms with Gasteiger partial charge in [-0.3, -0.25) is 0 Å². The van der Waals surface area contributed by atoms with Gasteiger partial charge < -0.3 is 4.42 Å². The monoisotopic (exact) mass is 248 g/mol. The SMILES string of the molecule is Cc1ccc(C)c(/C=C/c2cc3ccccc3o2)c1. The Labute approximate surface area is 113 Å². The van der Waals surface area contributed by atoms with Crippen LogP contribution in [0.1, 0.15) is 22.5 Å². The predicted molar refractivity (Wildman–Crippen MR) is 81.1 cm³/mol. The summed E-state index contributed by atoms with van der Waals surface area (Å²) in [6.07, 6.45) is 4.14. The number of para-hydroxylation sites is 1. The first-order valence-electron chi connectivity index (χ1n) is 6.46. The number of rotatable bonds is 2. The van der Waals surface area contributed by atoms with E-state index in [9.17, 15) is 0 Å². The lowest BCUT2D eigenvalue weighted by molar-refractivity contribution is 0.604. The molecule has 0 aliphatic rings. The van der Waals surface area contributed by atoms with Gasteiger partial charge in [0.05, 0.1) is 0 Å². The largest absolute Gasteiger partial charge is 0.457 e. The molecule has 2 aromatic carbocycles. The molecule has 0 fully saturated rings. The summed E-state index contributed by atoms with van der Waals surface area (Å²) in [5.74, 6) is 0.891. The predicted octanol–water partition coefficient (Wildman–Crippen LogP) is 5.22. The zero-order chi connectivity index (χ0) is 13.2. The van der Waals surface area contributed by atoms with Crippen molar-refractivity contribution in [3.8, 4) is 0 Å². The van der Waals surface area contributed by atoms with Crippen molar-refractivity contribution in [2.45, 2.75) is 13.8 Å². The van der Waals surface area contributed by atoms with Crippen LogP contribution in [0.3, 0.4) is 0 Å². The van der Waals surface area contributed by atoms with Crippen LogP contribution in [0.2, 0.25) is 0 Å². The topological polar surface area (TPSA) is 13.1 Å². The van der Waals surface area contributed by atoms with Gasteiger partial charge in [-0.1, -0.05) is 48.0 Å². The van der Waals surface area contributed by atoms with Crippen LogP contribution in [0.5, 0.6) is 0 Å². The van der Waals surface area contributed by atoms with Crippen LogP contribution in [0, 0.1) is 13.8 Å². The third kappa shape index (κ3) is 2.45. The fraction of sp³-hybridized carbons (Fsp3) is 0.111. The van der Waals surface area contributed by atoms with Crippen molar-refractivity contribution in [1.82, 2.24) is 0 Å². The Balaban J connectivity index is 1.95. The van der Waals surface area contributed by atoms with Gasteiger partial charge >= 0.3 is 0 Å². The lowest BCUT2D eigenvalue weighted by atomic mass is 10.1. The average molecular weight is 248 g/mol. The van der Waals surface area contributed by atoms with Crippen molar-refractivity contribution in [2.75, 3.05) is 0 Å². The fourth-order valence-corrected chi connectivity index (χ4v) is 2.20. The summed E-state index contributed by atoms with van der Waals surface area (Å²) in [4.78, 5) is 0. The van der Waals surface area contributed by atoms with Crippen LogP contribution in [-0.4, -0.2) is 0 Å². The average Bonchev–Trinajstić information content (AvgIpc) is 2.82. The maximum absolute atomic E-state index is 5.77. The summed E-state index contributed by atoms with van der Waals surface area (Å²) in [6, 6.07) is 16.6. The van der Waals surface area contributed by atoms with Gasteiger partial charge in [-0.25, -0.2) is 0 Å². The van der Waals surface area contributed by atoms with Crippen molar-refractivity contribution in [2.24, 2.45) is 0 Å². The van der Waals surface area contributed by atoms with E-state index in [1.807, 2.05) is 24.3 Å². The Hall–Kier alpha value is -2.28. The third-order valence-corrected chi connectivity index (χ3v) is 3.31. The number of benzene rings is 2. The molecule has 19 heavy (non-hydrogen) atoms. The van der Waals surface area contributed by atoms with E-state index >= 15 is 0 Å². The fourth-order valence-electron chi connectivity index (χ4n) is 2.20. The van der Waals surface area contributed by atoms with Gasteiger partial charge in [0.15, 0.2) is 0 Å². The maximum atomic E-state index is 5.77. The number of hydrogen-bond donors (Lipinski definition) is 0. The zero-order valence-electron chi connectivity index (χ0n) is 11.2. The van der Waals surface area contributed by atoms with Gasteiger partial charge in [0, 0.05) is 5.39 Å². The molecule has 1 nitrogen and oxygen atoms in total. The van der Waals surface area contributed by atoms with Gasteiger partial charge in [0.25, 0.3) is 0 Å². The van der Waals surface area contributed by atoms with E-state index in [1.54, 1.807) is 0 Å². The molecule has 0 atom stereocenters. The zero-order valence-corrected chi connectivity index (χ0v) is 11.2. The maximum Gasteiger partial charge on any atom is 0.134 e. The van der Waals surface area contributed by atoms with Gasteiger partial charge in [-0.15, -0.1) is 0 Å². The summed E-state index contributed by atoms with van der Waals surface area (Å²) >= 11 is 0. The first kappa shape index (κ1) is 11.8. The molecular weight excluding hydrogens is 232 g/mol. The van der Waals surface area contributed by atoms with Crippen LogP contribution >= 0.6 is 0 Å². The molecule has 3 rings (SSSR count). The second-order valence-electron chi connectivity index (χ2n) is 4.88. The highest BCUT2D eigenvalue weighted by molar-refractivity contribution is 5.81. The molecule has 0 spiro atoms. The van der Waals surface area contributed by atoms with Crippen molar-refractivity contribution in [1.29, 1.82) is 0 Å². The summed E-state index contributed by atoms with van der Waals surface area (Å²) in [7, 11) is 0. The second kappa shape index (κ2) is 4.77. The van der Waals surface area contributed by atoms with Crippen molar-refractivity contribution in [3.63, 3.8) is 0 Å². The van der Waals surface area contributed by atoms with Crippen LogP contribution in [0.15, 0.2) is 52.9 Å². The molecular formula is C18H16O. The summed E-state index contributed by atoms with van der Waals surface area (Å²) in [5.41, 5.74) is 4.72. The molecule has 1 heteroatoms. The van der Waals surface area contributed by atoms with E-state index in [2.05, 4.69) is 50.3 Å². The van der Waals surface area contributed by atoms with Crippen LogP contribution in [-0.2, 0) is 0 Å². The van der Waals surface area contributed by atoms with E-state index in [4.69, 9.17) is 4.42 Å². The number of aryl methyl sites for hydroxylation is 2. The van der Waals surface area contributed by atoms with Gasteiger partial charge in [0.2, 0.25) is 0 Å². The molecule has 0 saturated carbocycles. The molecule has 3 aromatic rings. The van der Waals surface area contributed by atoms with E-state index in [0.29, 0.717) is 0 Å². The van der Waals surface area contributed by atoms with Gasteiger partial charge in [-0.05, 0) is 43.2 Å². The number of furan rings is 1. The lowest BCUT2D eigenvalue weighted by Gasteiger charge is -2.00. The highest BCUT2D eigenvalue weighted by Gasteiger charge is 2.00. The molecule has 0 N–H and O–H groups in total. The highest BCUT2D eigenvalue weighted by Crippen LogP contribution is 2.21. The third-order valence-electron chi connectivity index (χ3n) is 3.31. The molecule has 0 bridgehead atoms. The smallest absolute Gasteiger partial charge is 0.134 e. The molecule has 0 unspecified atom stereocenters. The van der Waals surface area contributed by atoms with Crippen molar-refractivity contribution >= 4 is 23.1 Å². The van der Waals surface area contributed by atoms with Crippen LogP contribution < -0.4 is 0 Å². The highest BCUT2D eigenvalue weighted by atomic mass is 16.3. The summed E-state index contributed by atoms with van der Waals surface area (Å²) in [5, 5.41) is 1.14. The van der Waals surface area contributed by atoms with Crippen molar-refractivity contribution in [3.05, 3.63) is 71.0 Å². The first-order chi connectivity index (χ1) is 9.22. The summed E-state index contributed by atoms with van der Waals surface area (Å²) in [6.45, 7) is 4.23. The minimum Gasteiger partial charge on any atom is -0.457 e. The van der Waals surface area contributed by atoms with Crippen LogP contribution in [0.4, 0.5) is 0 Å². The normalized spacial score (nSPS) is 11.5. The number of hydrogen-bond acceptors (Lipinski definition) is 1. The Morgan fingerprint density at radius 1 is 0.895 bits per heavy atom. The Morgan fingerprint density at radius 3 is 2.58 bits per heavy atom. The lowest BCUT2D eigenvalue weighted by Crippen LogP contribution is -1.81. The molecule has 1 heterocycles. The second-order valence-corrected chi connectivity index (χ2v) is 4.88. The molecule has 0 aliphatic heterocycles. The molecule has 94 valence electrons. The standard InChI is InChI=1S/C18H16O/c1-13-7-8-14(2)15(11-13)9-10-17-12-16-5-3-4-6-18(16)19-17/h3-12H,1-2H3/b10-9+. The minimum atomic E-state index is 0.891. The molecule has 0 aliphatic carbocycles. The molecule has 0 radical (unpaired) electrons. The minimum absolute atomic E-state index is 0.891. The van der Waals surface area contributed by atoms with E-state index in [0.717, 1.165) is 16.7 Å². The van der Waals surface area contributed by atoms with Crippen molar-refractivity contribution < 1.29 is 4.42 Å². The Kier molecular flexibility index (Phi) is 2.96. The number of fused-ring (bicyclic) bond motifs is 1. The Bertz CT molecular complexity index is 714. The van der Waals surface area contributed by atoms with E-state index in [1.165, 1.54) is 16.7 Å². The van der Waals surface area contributed by atoms with Gasteiger partial charge in [0.1, 0.15) is 11.3 Å². The molecule has 0 amide bonds. The molecule has 1 aromatic heterocycles. The summed E-state index contributed by atoms with van der Waals surface area (Å²) < 4.78 is 5.77. The van der Waals surface area contributed by atoms with E-state index < -0.39 is 0 Å². The Morgan fingerprint density at radius 2 is 1.74 bits per heavy atom. The first-order valence-corrected chi connectivity index (χ1v) is 6.46. The van der Waals surface area contributed by atoms with Crippen LogP contribution in [0.25, 0.3) is 23.1 Å². The quantitative estimate of drug-likeness (QED) is 0.606. The van der Waals surface area contributed by atoms with Gasteiger partial charge in [-0.2, -0.15) is 0 Å². The van der Waals surface area contributed by atoms with E-state index in [-0.39, 0.29) is 0 Å². The molecule has 0 saturated heterocycles.